The zero-order chi connectivity index (χ0) is 11.8. The molecule has 0 bridgehead atoms. The lowest BCUT2D eigenvalue weighted by Gasteiger charge is -2.36. The summed E-state index contributed by atoms with van der Waals surface area (Å²) in [6, 6.07) is 3.89. The molecule has 0 radical (unpaired) electrons. The predicted molar refractivity (Wildman–Crippen MR) is 57.1 cm³/mol. The molecule has 1 aliphatic rings. The number of nitrogens with one attached hydrogen (secondary N) is 1. The minimum Gasteiger partial charge on any atom is -0.370 e. The van der Waals surface area contributed by atoms with Gasteiger partial charge in [-0.05, 0) is 31.5 Å². The van der Waals surface area contributed by atoms with E-state index in [1.54, 1.807) is 6.07 Å². The van der Waals surface area contributed by atoms with Gasteiger partial charge in [-0.25, -0.2) is 8.78 Å². The number of morpholine rings is 1. The van der Waals surface area contributed by atoms with Crippen LogP contribution in [0.25, 0.3) is 0 Å². The molecular weight excluding hydrogens is 212 g/mol. The Bertz CT molecular complexity index is 383. The standard InChI is InChI=1S/C12H15F2NO/c1-12(2)7-16-11(6-15-12)8-3-4-9(13)10(14)5-8/h3-5,11,15H,6-7H2,1-2H3. The van der Waals surface area contributed by atoms with E-state index in [0.29, 0.717) is 18.7 Å². The molecule has 0 spiro atoms. The largest absolute Gasteiger partial charge is 0.370 e. The topological polar surface area (TPSA) is 21.3 Å². The minimum absolute atomic E-state index is 0.0604. The number of hydrogen-bond acceptors (Lipinski definition) is 2. The van der Waals surface area contributed by atoms with Gasteiger partial charge in [0.25, 0.3) is 0 Å². The molecule has 1 atom stereocenters. The van der Waals surface area contributed by atoms with E-state index < -0.39 is 11.6 Å². The Morgan fingerprint density at radius 3 is 2.62 bits per heavy atom. The van der Waals surface area contributed by atoms with Crippen molar-refractivity contribution in [3.05, 3.63) is 35.4 Å². The molecule has 2 nitrogen and oxygen atoms in total. The Balaban J connectivity index is 2.11. The van der Waals surface area contributed by atoms with Crippen molar-refractivity contribution in [2.24, 2.45) is 0 Å². The summed E-state index contributed by atoms with van der Waals surface area (Å²) in [4.78, 5) is 0. The van der Waals surface area contributed by atoms with Crippen LogP contribution in [-0.4, -0.2) is 18.7 Å². The molecule has 1 aliphatic heterocycles. The van der Waals surface area contributed by atoms with Crippen molar-refractivity contribution in [1.82, 2.24) is 5.32 Å². The number of hydrogen-bond donors (Lipinski definition) is 1. The van der Waals surface area contributed by atoms with Gasteiger partial charge in [0.15, 0.2) is 11.6 Å². The first kappa shape index (κ1) is 11.5. The molecule has 1 saturated heterocycles. The molecule has 88 valence electrons. The summed E-state index contributed by atoms with van der Waals surface area (Å²) >= 11 is 0. The van der Waals surface area contributed by atoms with Gasteiger partial charge in [0.05, 0.1) is 12.7 Å². The third-order valence-electron chi connectivity index (χ3n) is 2.73. The van der Waals surface area contributed by atoms with Gasteiger partial charge in [-0.1, -0.05) is 6.07 Å². The maximum atomic E-state index is 13.0. The second kappa shape index (κ2) is 4.11. The highest BCUT2D eigenvalue weighted by atomic mass is 19.2. The Labute approximate surface area is 93.6 Å². The molecule has 0 aromatic heterocycles. The van der Waals surface area contributed by atoms with E-state index in [4.69, 9.17) is 4.74 Å². The van der Waals surface area contributed by atoms with Crippen molar-refractivity contribution in [3.63, 3.8) is 0 Å². The van der Waals surface area contributed by atoms with Crippen LogP contribution in [0.1, 0.15) is 25.5 Å². The third-order valence-corrected chi connectivity index (χ3v) is 2.73. The van der Waals surface area contributed by atoms with Gasteiger partial charge in [0.1, 0.15) is 0 Å². The van der Waals surface area contributed by atoms with E-state index in [2.05, 4.69) is 5.32 Å². The maximum Gasteiger partial charge on any atom is 0.159 e. The van der Waals surface area contributed by atoms with Crippen LogP contribution in [0.4, 0.5) is 8.78 Å². The first-order chi connectivity index (χ1) is 7.48. The number of benzene rings is 1. The molecule has 1 aromatic rings. The maximum absolute atomic E-state index is 13.0. The van der Waals surface area contributed by atoms with Crippen LogP contribution in [0.5, 0.6) is 0 Å². The first-order valence-electron chi connectivity index (χ1n) is 5.29. The van der Waals surface area contributed by atoms with Crippen molar-refractivity contribution >= 4 is 0 Å². The Morgan fingerprint density at radius 2 is 2.06 bits per heavy atom. The molecule has 1 heterocycles. The molecular formula is C12H15F2NO. The second-order valence-corrected chi connectivity index (χ2v) is 4.74. The summed E-state index contributed by atoms with van der Waals surface area (Å²) in [5.74, 6) is -1.65. The zero-order valence-electron chi connectivity index (χ0n) is 9.39. The van der Waals surface area contributed by atoms with E-state index in [0.717, 1.165) is 6.07 Å². The van der Waals surface area contributed by atoms with Gasteiger partial charge < -0.3 is 10.1 Å². The Morgan fingerprint density at radius 1 is 1.31 bits per heavy atom. The lowest BCUT2D eigenvalue weighted by molar-refractivity contribution is -0.0230. The molecule has 0 amide bonds. The Kier molecular flexibility index (Phi) is 2.95. The van der Waals surface area contributed by atoms with Gasteiger partial charge in [-0.2, -0.15) is 0 Å². The van der Waals surface area contributed by atoms with Gasteiger partial charge >= 0.3 is 0 Å². The summed E-state index contributed by atoms with van der Waals surface area (Å²) in [6.45, 7) is 5.23. The molecule has 0 saturated carbocycles. The highest BCUT2D eigenvalue weighted by Gasteiger charge is 2.27. The lowest BCUT2D eigenvalue weighted by atomic mass is 10.0. The third kappa shape index (κ3) is 2.39. The smallest absolute Gasteiger partial charge is 0.159 e. The van der Waals surface area contributed by atoms with E-state index >= 15 is 0 Å². The van der Waals surface area contributed by atoms with Crippen molar-refractivity contribution in [3.8, 4) is 0 Å². The fourth-order valence-electron chi connectivity index (χ4n) is 1.71. The van der Waals surface area contributed by atoms with Crippen molar-refractivity contribution in [2.75, 3.05) is 13.2 Å². The molecule has 4 heteroatoms. The number of ether oxygens (including phenoxy) is 1. The normalized spacial score (nSPS) is 24.4. The summed E-state index contributed by atoms with van der Waals surface area (Å²) in [5.41, 5.74) is 0.608. The van der Waals surface area contributed by atoms with E-state index in [-0.39, 0.29) is 11.6 Å². The van der Waals surface area contributed by atoms with Crippen molar-refractivity contribution < 1.29 is 13.5 Å². The number of rotatable bonds is 1. The van der Waals surface area contributed by atoms with Gasteiger partial charge in [-0.3, -0.25) is 0 Å². The molecule has 16 heavy (non-hydrogen) atoms. The van der Waals surface area contributed by atoms with Crippen LogP contribution in [0.3, 0.4) is 0 Å². The average molecular weight is 227 g/mol. The Hall–Kier alpha value is -1.00. The van der Waals surface area contributed by atoms with Gasteiger partial charge in [0, 0.05) is 12.1 Å². The van der Waals surface area contributed by atoms with Crippen LogP contribution >= 0.6 is 0 Å². The van der Waals surface area contributed by atoms with E-state index in [1.165, 1.54) is 6.07 Å². The van der Waals surface area contributed by atoms with Gasteiger partial charge in [-0.15, -0.1) is 0 Å². The summed E-state index contributed by atoms with van der Waals surface area (Å²) in [6.07, 6.45) is -0.205. The summed E-state index contributed by atoms with van der Waals surface area (Å²) < 4.78 is 31.4. The van der Waals surface area contributed by atoms with Crippen LogP contribution in [0.2, 0.25) is 0 Å². The second-order valence-electron chi connectivity index (χ2n) is 4.74. The van der Waals surface area contributed by atoms with Crippen molar-refractivity contribution in [2.45, 2.75) is 25.5 Å². The fraction of sp³-hybridized carbons (Fsp3) is 0.500. The molecule has 1 N–H and O–H groups in total. The average Bonchev–Trinajstić information content (AvgIpc) is 2.22. The van der Waals surface area contributed by atoms with Crippen LogP contribution in [0.15, 0.2) is 18.2 Å². The summed E-state index contributed by atoms with van der Waals surface area (Å²) in [5, 5.41) is 3.30. The molecule has 1 fully saturated rings. The molecule has 1 aromatic carbocycles. The summed E-state index contributed by atoms with van der Waals surface area (Å²) in [7, 11) is 0. The number of halogens is 2. The fourth-order valence-corrected chi connectivity index (χ4v) is 1.71. The lowest BCUT2D eigenvalue weighted by Crippen LogP contribution is -2.50. The predicted octanol–water partition coefficient (Wildman–Crippen LogP) is 2.40. The first-order valence-corrected chi connectivity index (χ1v) is 5.29. The van der Waals surface area contributed by atoms with Crippen LogP contribution in [-0.2, 0) is 4.74 Å². The van der Waals surface area contributed by atoms with E-state index in [1.807, 2.05) is 13.8 Å². The quantitative estimate of drug-likeness (QED) is 0.795. The SMILES string of the molecule is CC1(C)COC(c2ccc(F)c(F)c2)CN1. The van der Waals surface area contributed by atoms with Gasteiger partial charge in [0.2, 0.25) is 0 Å². The molecule has 2 rings (SSSR count). The van der Waals surface area contributed by atoms with Crippen LogP contribution in [0, 0.1) is 11.6 Å². The van der Waals surface area contributed by atoms with Crippen molar-refractivity contribution in [1.29, 1.82) is 0 Å². The molecule has 1 unspecified atom stereocenters. The minimum atomic E-state index is -0.828. The molecule has 0 aliphatic carbocycles. The van der Waals surface area contributed by atoms with Crippen LogP contribution < -0.4 is 5.32 Å². The van der Waals surface area contributed by atoms with E-state index in [9.17, 15) is 8.78 Å². The monoisotopic (exact) mass is 227 g/mol. The highest BCUT2D eigenvalue weighted by molar-refractivity contribution is 5.21. The highest BCUT2D eigenvalue weighted by Crippen LogP contribution is 2.24. The zero-order valence-corrected chi connectivity index (χ0v) is 9.39.